The Morgan fingerprint density at radius 1 is 0.953 bits per heavy atom. The van der Waals surface area contributed by atoms with E-state index in [0.717, 1.165) is 24.0 Å². The molecule has 2 amide bonds. The fourth-order valence-electron chi connectivity index (χ4n) is 6.34. The number of nitrogens with zero attached hydrogens (tertiary/aromatic N) is 3. The van der Waals surface area contributed by atoms with Crippen LogP contribution >= 0.6 is 0 Å². The fourth-order valence-corrected chi connectivity index (χ4v) is 6.34. The maximum atomic E-state index is 13.7. The van der Waals surface area contributed by atoms with Crippen LogP contribution in [0.2, 0.25) is 0 Å². The monoisotopic (exact) mass is 601 g/mol. The number of halogens is 3. The van der Waals surface area contributed by atoms with E-state index < -0.39 is 17.3 Å². The molecule has 2 aromatic carbocycles. The Kier molecular flexibility index (Phi) is 10.1. The quantitative estimate of drug-likeness (QED) is 0.349. The number of ether oxygens (including phenoxy) is 1. The number of alkyl halides is 3. The first kappa shape index (κ1) is 32.8. The molecule has 2 atom stereocenters. The molecule has 236 valence electrons. The van der Waals surface area contributed by atoms with Crippen molar-refractivity contribution in [1.82, 2.24) is 14.7 Å². The molecule has 9 heteroatoms. The Labute approximate surface area is 254 Å². The van der Waals surface area contributed by atoms with Crippen molar-refractivity contribution in [2.75, 3.05) is 32.7 Å². The normalized spacial score (nSPS) is 19.9. The lowest BCUT2D eigenvalue weighted by Gasteiger charge is -2.47. The topological polar surface area (TPSA) is 53.1 Å². The van der Waals surface area contributed by atoms with Crippen LogP contribution in [-0.2, 0) is 15.7 Å². The van der Waals surface area contributed by atoms with Gasteiger partial charge in [0.15, 0.2) is 0 Å². The molecule has 0 bridgehead atoms. The second-order valence-corrected chi connectivity index (χ2v) is 13.4. The number of hydrogen-bond donors (Lipinski definition) is 0. The van der Waals surface area contributed by atoms with Crippen LogP contribution in [0.15, 0.2) is 48.5 Å². The van der Waals surface area contributed by atoms with Crippen LogP contribution in [0.1, 0.15) is 82.2 Å². The van der Waals surface area contributed by atoms with Gasteiger partial charge in [0.1, 0.15) is 5.60 Å². The van der Waals surface area contributed by atoms with E-state index in [1.165, 1.54) is 12.1 Å². The predicted octanol–water partition coefficient (Wildman–Crippen LogP) is 7.31. The van der Waals surface area contributed by atoms with Gasteiger partial charge in [-0.1, -0.05) is 50.2 Å². The van der Waals surface area contributed by atoms with Gasteiger partial charge < -0.3 is 14.5 Å². The van der Waals surface area contributed by atoms with E-state index in [1.54, 1.807) is 17.9 Å². The summed E-state index contributed by atoms with van der Waals surface area (Å²) in [7, 11) is 0. The van der Waals surface area contributed by atoms with Crippen LogP contribution in [0, 0.1) is 18.8 Å². The third kappa shape index (κ3) is 8.31. The molecule has 2 saturated heterocycles. The van der Waals surface area contributed by atoms with Gasteiger partial charge in [0.05, 0.1) is 11.6 Å². The number of rotatable bonds is 6. The summed E-state index contributed by atoms with van der Waals surface area (Å²) in [5.74, 6) is 0.547. The number of amides is 2. The first-order chi connectivity index (χ1) is 20.1. The molecule has 2 aliphatic heterocycles. The number of benzene rings is 2. The first-order valence-corrected chi connectivity index (χ1v) is 15.4. The lowest BCUT2D eigenvalue weighted by Crippen LogP contribution is -2.58. The molecular weight excluding hydrogens is 555 g/mol. The van der Waals surface area contributed by atoms with E-state index in [9.17, 15) is 22.8 Å². The van der Waals surface area contributed by atoms with Gasteiger partial charge >= 0.3 is 12.3 Å². The Balaban J connectivity index is 1.47. The van der Waals surface area contributed by atoms with Gasteiger partial charge in [-0.2, -0.15) is 13.2 Å². The molecule has 0 aromatic heterocycles. The van der Waals surface area contributed by atoms with Gasteiger partial charge in [0, 0.05) is 45.2 Å². The van der Waals surface area contributed by atoms with Gasteiger partial charge in [-0.25, -0.2) is 4.79 Å². The van der Waals surface area contributed by atoms with Crippen LogP contribution < -0.4 is 0 Å². The molecule has 2 unspecified atom stereocenters. The number of piperazine rings is 1. The number of carbonyl (C=O) groups excluding carboxylic acids is 2. The summed E-state index contributed by atoms with van der Waals surface area (Å²) >= 11 is 0. The zero-order valence-electron chi connectivity index (χ0n) is 26.3. The van der Waals surface area contributed by atoms with Gasteiger partial charge in [-0.05, 0) is 81.2 Å². The van der Waals surface area contributed by atoms with Crippen molar-refractivity contribution in [2.45, 2.75) is 84.7 Å². The second kappa shape index (κ2) is 13.3. The minimum absolute atomic E-state index is 0.0240. The lowest BCUT2D eigenvalue weighted by molar-refractivity contribution is -0.139. The van der Waals surface area contributed by atoms with Gasteiger partial charge in [-0.3, -0.25) is 9.69 Å². The van der Waals surface area contributed by atoms with Crippen molar-refractivity contribution in [1.29, 1.82) is 0 Å². The molecule has 4 rings (SSSR count). The standard InChI is InChI=1S/C34H46F3N3O3/c1-23(2)29-22-39(31(26-10-8-7-9-11-26)28-13-12-27(20-24(28)3)34(35,36)37)18-19-40(29)30(41)21-25-14-16-38(17-15-25)32(42)43-33(4,5)6/h7-13,20,23,25,29,31H,14-19,21-22H2,1-6H3. The summed E-state index contributed by atoms with van der Waals surface area (Å²) < 4.78 is 45.9. The van der Waals surface area contributed by atoms with Crippen LogP contribution in [0.5, 0.6) is 0 Å². The van der Waals surface area contributed by atoms with Crippen LogP contribution in [0.4, 0.5) is 18.0 Å². The lowest BCUT2D eigenvalue weighted by atomic mass is 9.89. The largest absolute Gasteiger partial charge is 0.444 e. The molecular formula is C34H46F3N3O3. The zero-order chi connectivity index (χ0) is 31.5. The first-order valence-electron chi connectivity index (χ1n) is 15.4. The SMILES string of the molecule is Cc1cc(C(F)(F)F)ccc1C(c1ccccc1)N1CCN(C(=O)CC2CCN(C(=O)OC(C)(C)C)CC2)C(C(C)C)C1. The summed E-state index contributed by atoms with van der Waals surface area (Å²) in [4.78, 5) is 32.2. The Morgan fingerprint density at radius 2 is 1.60 bits per heavy atom. The molecule has 2 aliphatic rings. The maximum Gasteiger partial charge on any atom is 0.416 e. The average Bonchev–Trinajstić information content (AvgIpc) is 2.93. The zero-order valence-corrected chi connectivity index (χ0v) is 26.3. The van der Waals surface area contributed by atoms with Crippen LogP contribution in [-0.4, -0.2) is 71.1 Å². The highest BCUT2D eigenvalue weighted by molar-refractivity contribution is 5.77. The number of hydrogen-bond acceptors (Lipinski definition) is 4. The summed E-state index contributed by atoms with van der Waals surface area (Å²) in [6, 6.07) is 13.7. The molecule has 6 nitrogen and oxygen atoms in total. The summed E-state index contributed by atoms with van der Waals surface area (Å²) in [5, 5.41) is 0. The molecule has 43 heavy (non-hydrogen) atoms. The van der Waals surface area contributed by atoms with Crippen molar-refractivity contribution >= 4 is 12.0 Å². The predicted molar refractivity (Wildman–Crippen MR) is 162 cm³/mol. The van der Waals surface area contributed by atoms with E-state index in [4.69, 9.17) is 4.74 Å². The number of likely N-dealkylation sites (tertiary alicyclic amines) is 1. The Morgan fingerprint density at radius 3 is 2.16 bits per heavy atom. The average molecular weight is 602 g/mol. The van der Waals surface area contributed by atoms with E-state index >= 15 is 0 Å². The van der Waals surface area contributed by atoms with E-state index in [-0.39, 0.29) is 35.9 Å². The number of carbonyl (C=O) groups is 2. The number of aryl methyl sites for hydroxylation is 1. The summed E-state index contributed by atoms with van der Waals surface area (Å²) in [6.07, 6.45) is -2.72. The maximum absolute atomic E-state index is 13.7. The van der Waals surface area contributed by atoms with Gasteiger partial charge in [0.25, 0.3) is 0 Å². The van der Waals surface area contributed by atoms with Crippen molar-refractivity contribution in [3.63, 3.8) is 0 Å². The molecule has 2 aromatic rings. The Bertz CT molecular complexity index is 1250. The highest BCUT2D eigenvalue weighted by atomic mass is 19.4. The molecule has 0 radical (unpaired) electrons. The molecule has 0 spiro atoms. The van der Waals surface area contributed by atoms with Crippen molar-refractivity contribution in [2.24, 2.45) is 11.8 Å². The fraction of sp³-hybridized carbons (Fsp3) is 0.588. The van der Waals surface area contributed by atoms with Crippen molar-refractivity contribution in [3.8, 4) is 0 Å². The molecule has 2 heterocycles. The van der Waals surface area contributed by atoms with E-state index in [2.05, 4.69) is 18.7 Å². The smallest absolute Gasteiger partial charge is 0.416 e. The van der Waals surface area contributed by atoms with Crippen molar-refractivity contribution < 1.29 is 27.5 Å². The minimum Gasteiger partial charge on any atom is -0.444 e. The van der Waals surface area contributed by atoms with Gasteiger partial charge in [-0.15, -0.1) is 0 Å². The molecule has 0 aliphatic carbocycles. The molecule has 2 fully saturated rings. The molecule has 0 N–H and O–H groups in total. The number of piperidine rings is 1. The summed E-state index contributed by atoms with van der Waals surface area (Å²) in [6.45, 7) is 14.5. The minimum atomic E-state index is -4.40. The van der Waals surface area contributed by atoms with Crippen LogP contribution in [0.25, 0.3) is 0 Å². The third-order valence-corrected chi connectivity index (χ3v) is 8.64. The summed E-state index contributed by atoms with van der Waals surface area (Å²) in [5.41, 5.74) is 1.28. The van der Waals surface area contributed by atoms with Gasteiger partial charge in [0.2, 0.25) is 5.91 Å². The molecule has 0 saturated carbocycles. The van der Waals surface area contributed by atoms with E-state index in [0.29, 0.717) is 44.7 Å². The second-order valence-electron chi connectivity index (χ2n) is 13.4. The van der Waals surface area contributed by atoms with Crippen LogP contribution in [0.3, 0.4) is 0 Å². The van der Waals surface area contributed by atoms with E-state index in [1.807, 2.05) is 56.0 Å². The highest BCUT2D eigenvalue weighted by Crippen LogP contribution is 2.37. The third-order valence-electron chi connectivity index (χ3n) is 8.64. The Hall–Kier alpha value is -3.07. The highest BCUT2D eigenvalue weighted by Gasteiger charge is 2.38. The van der Waals surface area contributed by atoms with Crippen molar-refractivity contribution in [3.05, 3.63) is 70.8 Å².